The maximum atomic E-state index is 13.4. The molecule has 0 aromatic carbocycles. The third kappa shape index (κ3) is 2.90. The van der Waals surface area contributed by atoms with E-state index < -0.39 is 10.2 Å². The molecule has 2 saturated heterocycles. The summed E-state index contributed by atoms with van der Waals surface area (Å²) in [6.07, 6.45) is 3.71. The Morgan fingerprint density at radius 2 is 1.93 bits per heavy atom. The largest absolute Gasteiger partial charge is 0.395 e. The lowest BCUT2D eigenvalue weighted by Gasteiger charge is -2.38. The van der Waals surface area contributed by atoms with Crippen molar-refractivity contribution in [2.24, 2.45) is 5.73 Å². The number of rotatable bonds is 1. The zero-order valence-corrected chi connectivity index (χ0v) is 17.6. The van der Waals surface area contributed by atoms with Gasteiger partial charge in [0.1, 0.15) is 4.75 Å². The first-order valence-electron chi connectivity index (χ1n) is 10.5. The fraction of sp³-hybridized carbons (Fsp3) is 0.619. The first-order chi connectivity index (χ1) is 14.5. The molecule has 1 aromatic heterocycles. The highest BCUT2D eigenvalue weighted by Gasteiger charge is 2.50. The van der Waals surface area contributed by atoms with Gasteiger partial charge in [-0.15, -0.1) is 11.8 Å². The van der Waals surface area contributed by atoms with Crippen molar-refractivity contribution in [3.63, 3.8) is 0 Å². The van der Waals surface area contributed by atoms with Crippen LogP contribution in [0.5, 0.6) is 0 Å². The van der Waals surface area contributed by atoms with Crippen molar-refractivity contribution in [3.05, 3.63) is 33.0 Å². The lowest BCUT2D eigenvalue weighted by Crippen LogP contribution is -2.49. The second-order valence-corrected chi connectivity index (χ2v) is 9.99. The predicted molar refractivity (Wildman–Crippen MR) is 111 cm³/mol. The number of thioether (sulfide) groups is 1. The Balaban J connectivity index is 1.59. The van der Waals surface area contributed by atoms with Crippen LogP contribution in [0, 0.1) is 0 Å². The zero-order chi connectivity index (χ0) is 20.9. The van der Waals surface area contributed by atoms with Gasteiger partial charge in [-0.1, -0.05) is 0 Å². The van der Waals surface area contributed by atoms with Gasteiger partial charge in [-0.05, 0) is 37.9 Å². The van der Waals surface area contributed by atoms with Crippen molar-refractivity contribution in [3.8, 4) is 0 Å². The molecule has 3 aliphatic heterocycles. The van der Waals surface area contributed by atoms with Crippen LogP contribution in [0.1, 0.15) is 55.6 Å². The molecule has 1 aromatic rings. The normalized spacial score (nSPS) is 33.2. The molecule has 1 aliphatic carbocycles. The lowest BCUT2D eigenvalue weighted by atomic mass is 9.78. The molecular formula is C21H25N3O5S. The highest BCUT2D eigenvalue weighted by molar-refractivity contribution is 8.02. The first kappa shape index (κ1) is 20.0. The molecular weight excluding hydrogens is 406 g/mol. The van der Waals surface area contributed by atoms with E-state index in [2.05, 4.69) is 4.98 Å². The van der Waals surface area contributed by atoms with Crippen molar-refractivity contribution >= 4 is 29.0 Å². The molecule has 0 unspecified atom stereocenters. The quantitative estimate of drug-likeness (QED) is 0.502. The highest BCUT2D eigenvalue weighted by Crippen LogP contribution is 2.45. The molecule has 4 heterocycles. The Kier molecular flexibility index (Phi) is 4.87. The number of aromatic nitrogens is 2. The number of ether oxygens (including phenoxy) is 2. The minimum atomic E-state index is -1.01. The van der Waals surface area contributed by atoms with Crippen molar-refractivity contribution in [2.45, 2.75) is 55.3 Å². The molecule has 30 heavy (non-hydrogen) atoms. The van der Waals surface area contributed by atoms with E-state index in [0.717, 1.165) is 18.6 Å². The fourth-order valence-corrected chi connectivity index (χ4v) is 6.52. The number of hydrogen-bond donors (Lipinski definition) is 2. The van der Waals surface area contributed by atoms with Gasteiger partial charge in [0, 0.05) is 18.6 Å². The molecule has 0 amide bonds. The van der Waals surface area contributed by atoms with E-state index in [0.29, 0.717) is 62.3 Å². The molecule has 9 heteroatoms. The van der Waals surface area contributed by atoms with Crippen LogP contribution in [0.25, 0.3) is 5.70 Å². The van der Waals surface area contributed by atoms with Crippen LogP contribution in [0.3, 0.4) is 0 Å². The number of nitrogens with two attached hydrogens (primary N) is 1. The summed E-state index contributed by atoms with van der Waals surface area (Å²) in [7, 11) is 0. The maximum absolute atomic E-state index is 13.4. The summed E-state index contributed by atoms with van der Waals surface area (Å²) in [5.74, 6) is 0.796. The molecule has 0 radical (unpaired) electrons. The number of fused-ring (bicyclic) bond motifs is 2. The summed E-state index contributed by atoms with van der Waals surface area (Å²) in [5.41, 5.74) is 7.43. The molecule has 2 atom stereocenters. The number of carbonyl (C=O) groups excluding carboxylic acids is 2. The summed E-state index contributed by atoms with van der Waals surface area (Å²) in [4.78, 5) is 46.4. The summed E-state index contributed by atoms with van der Waals surface area (Å²) < 4.78 is 10.2. The fourth-order valence-electron chi connectivity index (χ4n) is 5.07. The summed E-state index contributed by atoms with van der Waals surface area (Å²) in [6.45, 7) is 1.67. The second kappa shape index (κ2) is 7.32. The highest BCUT2D eigenvalue weighted by atomic mass is 32.2. The van der Waals surface area contributed by atoms with E-state index in [4.69, 9.17) is 20.2 Å². The van der Waals surface area contributed by atoms with E-state index in [9.17, 15) is 14.4 Å². The number of nitrogens with zero attached hydrogens (tertiary/aromatic N) is 1. The van der Waals surface area contributed by atoms with Gasteiger partial charge < -0.3 is 20.2 Å². The van der Waals surface area contributed by atoms with Crippen molar-refractivity contribution in [2.75, 3.05) is 25.6 Å². The predicted octanol–water partition coefficient (Wildman–Crippen LogP) is 1.22. The monoisotopic (exact) mass is 431 g/mol. The van der Waals surface area contributed by atoms with Crippen molar-refractivity contribution in [1.82, 2.24) is 9.97 Å². The minimum absolute atomic E-state index is 0.000139. The number of allylic oxidation sites excluding steroid dienone is 1. The first-order valence-corrected chi connectivity index (χ1v) is 11.5. The van der Waals surface area contributed by atoms with Crippen molar-refractivity contribution < 1.29 is 19.1 Å². The summed E-state index contributed by atoms with van der Waals surface area (Å²) in [6, 6.07) is 0. The molecule has 5 rings (SSSR count). The minimum Gasteiger partial charge on any atom is -0.395 e. The lowest BCUT2D eigenvalue weighted by molar-refractivity contribution is -0.130. The Morgan fingerprint density at radius 1 is 1.10 bits per heavy atom. The van der Waals surface area contributed by atoms with E-state index in [1.165, 1.54) is 11.8 Å². The summed E-state index contributed by atoms with van der Waals surface area (Å²) >= 11 is 1.45. The molecule has 3 fully saturated rings. The molecule has 3 N–H and O–H groups in total. The number of aromatic amines is 1. The maximum Gasteiger partial charge on any atom is 0.257 e. The average molecular weight is 432 g/mol. The molecule has 2 spiro atoms. The van der Waals surface area contributed by atoms with Gasteiger partial charge in [0.2, 0.25) is 0 Å². The Labute approximate surface area is 178 Å². The standard InChI is InChI=1S/C21H25N3O5S/c22-15(12-3-1-5-21(17(12)26)14(25)4-2-8-30-21)18-23-16-13(19(27)24-18)9-29-11-20(16)6-7-28-10-20/h1-11,22H2,(H,23,24,27)/b15-12-/t20-,21-/m0/s1. The van der Waals surface area contributed by atoms with Gasteiger partial charge in [0.05, 0.1) is 42.2 Å². The van der Waals surface area contributed by atoms with E-state index in [1.54, 1.807) is 0 Å². The van der Waals surface area contributed by atoms with Gasteiger partial charge in [-0.2, -0.15) is 0 Å². The number of H-pyrrole nitrogens is 1. The number of nitrogens with one attached hydrogen (secondary N) is 1. The van der Waals surface area contributed by atoms with Gasteiger partial charge in [-0.25, -0.2) is 4.98 Å². The number of carbonyl (C=O) groups is 2. The van der Waals surface area contributed by atoms with Gasteiger partial charge in [0.15, 0.2) is 17.4 Å². The number of Topliss-reactive ketones (excluding diaryl/α,β-unsaturated/α-hetero) is 2. The third-order valence-electron chi connectivity index (χ3n) is 6.77. The number of hydrogen-bond acceptors (Lipinski definition) is 8. The molecule has 8 nitrogen and oxygen atoms in total. The average Bonchev–Trinajstić information content (AvgIpc) is 3.21. The van der Waals surface area contributed by atoms with Crippen LogP contribution < -0.4 is 11.3 Å². The molecule has 1 saturated carbocycles. The molecule has 4 aliphatic rings. The van der Waals surface area contributed by atoms with E-state index in [1.807, 2.05) is 0 Å². The third-order valence-corrected chi connectivity index (χ3v) is 8.37. The van der Waals surface area contributed by atoms with Crippen LogP contribution in [0.15, 0.2) is 10.4 Å². The smallest absolute Gasteiger partial charge is 0.257 e. The van der Waals surface area contributed by atoms with Gasteiger partial charge in [-0.3, -0.25) is 14.4 Å². The van der Waals surface area contributed by atoms with Crippen LogP contribution >= 0.6 is 11.8 Å². The van der Waals surface area contributed by atoms with Crippen LogP contribution in [-0.2, 0) is 31.1 Å². The van der Waals surface area contributed by atoms with Crippen molar-refractivity contribution in [1.29, 1.82) is 0 Å². The second-order valence-electron chi connectivity index (χ2n) is 8.59. The van der Waals surface area contributed by atoms with Gasteiger partial charge >= 0.3 is 0 Å². The Morgan fingerprint density at radius 3 is 2.70 bits per heavy atom. The van der Waals surface area contributed by atoms with Crippen LogP contribution in [0.4, 0.5) is 0 Å². The van der Waals surface area contributed by atoms with Gasteiger partial charge in [0.25, 0.3) is 5.56 Å². The Bertz CT molecular complexity index is 1010. The topological polar surface area (TPSA) is 124 Å². The van der Waals surface area contributed by atoms with E-state index >= 15 is 0 Å². The molecule has 0 bridgehead atoms. The molecule has 160 valence electrons. The van der Waals surface area contributed by atoms with Crippen LogP contribution in [0.2, 0.25) is 0 Å². The van der Waals surface area contributed by atoms with E-state index in [-0.39, 0.29) is 35.3 Å². The Hall–Kier alpha value is -1.97. The van der Waals surface area contributed by atoms with Crippen LogP contribution in [-0.4, -0.2) is 51.9 Å². The zero-order valence-electron chi connectivity index (χ0n) is 16.8. The number of ketones is 2. The summed E-state index contributed by atoms with van der Waals surface area (Å²) in [5, 5.41) is 0. The SMILES string of the molecule is N/C(=C1/CCC[C@@]2(SCCCC2=O)C1=O)c1nc2c(c(=O)[nH]1)COC[C@@]21CCOC1.